The molecular formula is C16H21N3O2. The first-order valence-corrected chi connectivity index (χ1v) is 7.55. The van der Waals surface area contributed by atoms with E-state index in [1.54, 1.807) is 24.3 Å². The fourth-order valence-corrected chi connectivity index (χ4v) is 3.38. The van der Waals surface area contributed by atoms with E-state index in [1.165, 1.54) is 0 Å². The molecule has 21 heavy (non-hydrogen) atoms. The maximum Gasteiger partial charge on any atom is 0.253 e. The number of hydrogen-bond donors (Lipinski definition) is 2. The number of rotatable bonds is 2. The number of nitrogens with one attached hydrogen (secondary N) is 1. The van der Waals surface area contributed by atoms with Gasteiger partial charge in [0, 0.05) is 24.2 Å². The molecule has 5 heteroatoms. The number of carbonyl (C=O) groups is 2. The maximum absolute atomic E-state index is 12.5. The number of carbonyl (C=O) groups excluding carboxylic acids is 2. The average molecular weight is 287 g/mol. The molecule has 1 aromatic carbocycles. The number of primary amides is 1. The van der Waals surface area contributed by atoms with Crippen molar-refractivity contribution < 1.29 is 9.59 Å². The quantitative estimate of drug-likeness (QED) is 0.847. The topological polar surface area (TPSA) is 75.4 Å². The van der Waals surface area contributed by atoms with Gasteiger partial charge >= 0.3 is 0 Å². The fourth-order valence-electron chi connectivity index (χ4n) is 3.38. The van der Waals surface area contributed by atoms with Gasteiger partial charge in [0.15, 0.2) is 0 Å². The van der Waals surface area contributed by atoms with Crippen LogP contribution < -0.4 is 11.1 Å². The van der Waals surface area contributed by atoms with Crippen LogP contribution in [0.3, 0.4) is 0 Å². The van der Waals surface area contributed by atoms with Crippen LogP contribution in [0.5, 0.6) is 0 Å². The van der Waals surface area contributed by atoms with Crippen LogP contribution in [0.2, 0.25) is 0 Å². The Balaban J connectivity index is 1.68. The van der Waals surface area contributed by atoms with E-state index in [0.717, 1.165) is 39.0 Å². The molecule has 0 saturated carbocycles. The zero-order valence-electron chi connectivity index (χ0n) is 12.0. The third-order valence-electron chi connectivity index (χ3n) is 4.72. The van der Waals surface area contributed by atoms with Crippen LogP contribution in [-0.4, -0.2) is 42.9 Å². The number of hydrogen-bond acceptors (Lipinski definition) is 3. The Kier molecular flexibility index (Phi) is 3.92. The molecule has 3 N–H and O–H groups in total. The third kappa shape index (κ3) is 2.93. The molecule has 2 fully saturated rings. The number of nitrogens with two attached hydrogens (primary N) is 1. The van der Waals surface area contributed by atoms with Crippen LogP contribution in [0, 0.1) is 11.8 Å². The number of fused-ring (bicyclic) bond motifs is 1. The van der Waals surface area contributed by atoms with E-state index < -0.39 is 5.91 Å². The van der Waals surface area contributed by atoms with Crippen molar-refractivity contribution in [2.45, 2.75) is 12.8 Å². The van der Waals surface area contributed by atoms with Crippen molar-refractivity contribution >= 4 is 11.8 Å². The van der Waals surface area contributed by atoms with Crippen LogP contribution in [0.25, 0.3) is 0 Å². The Hall–Kier alpha value is -1.88. The summed E-state index contributed by atoms with van der Waals surface area (Å²) in [5.41, 5.74) is 6.28. The van der Waals surface area contributed by atoms with Crippen molar-refractivity contribution in [3.8, 4) is 0 Å². The van der Waals surface area contributed by atoms with E-state index in [-0.39, 0.29) is 5.91 Å². The Bertz CT molecular complexity index is 527. The summed E-state index contributed by atoms with van der Waals surface area (Å²) in [7, 11) is 0. The molecule has 0 unspecified atom stereocenters. The molecule has 3 rings (SSSR count). The van der Waals surface area contributed by atoms with E-state index in [0.29, 0.717) is 23.0 Å². The van der Waals surface area contributed by atoms with Crippen molar-refractivity contribution in [1.29, 1.82) is 0 Å². The molecule has 2 saturated heterocycles. The summed E-state index contributed by atoms with van der Waals surface area (Å²) in [6.07, 6.45) is 2.14. The fraction of sp³-hybridized carbons (Fsp3) is 0.500. The van der Waals surface area contributed by atoms with E-state index in [1.807, 2.05) is 4.90 Å². The highest BCUT2D eigenvalue weighted by Gasteiger charge is 2.31. The van der Waals surface area contributed by atoms with Crippen LogP contribution in [0.4, 0.5) is 0 Å². The molecule has 2 atom stereocenters. The highest BCUT2D eigenvalue weighted by Crippen LogP contribution is 2.27. The van der Waals surface area contributed by atoms with Crippen molar-refractivity contribution in [2.75, 3.05) is 26.2 Å². The van der Waals surface area contributed by atoms with Crippen molar-refractivity contribution in [2.24, 2.45) is 17.6 Å². The molecule has 0 spiro atoms. The van der Waals surface area contributed by atoms with Crippen LogP contribution >= 0.6 is 0 Å². The minimum atomic E-state index is -0.468. The molecule has 2 aliphatic rings. The van der Waals surface area contributed by atoms with E-state index in [9.17, 15) is 9.59 Å². The normalized spacial score (nSPS) is 25.2. The predicted octanol–water partition coefficient (Wildman–Crippen LogP) is 0.857. The summed E-state index contributed by atoms with van der Waals surface area (Å²) < 4.78 is 0. The molecule has 2 amide bonds. The summed E-state index contributed by atoms with van der Waals surface area (Å²) in [5.74, 6) is 1.00. The zero-order valence-corrected chi connectivity index (χ0v) is 12.0. The molecular weight excluding hydrogens is 266 g/mol. The highest BCUT2D eigenvalue weighted by atomic mass is 16.2. The van der Waals surface area contributed by atoms with Crippen molar-refractivity contribution in [1.82, 2.24) is 10.2 Å². The second-order valence-corrected chi connectivity index (χ2v) is 5.99. The van der Waals surface area contributed by atoms with Crippen LogP contribution in [0.1, 0.15) is 33.6 Å². The molecule has 2 aliphatic heterocycles. The number of benzene rings is 1. The lowest BCUT2D eigenvalue weighted by atomic mass is 9.92. The number of nitrogens with zero attached hydrogens (tertiary/aromatic N) is 1. The van der Waals surface area contributed by atoms with Gasteiger partial charge in [0.05, 0.1) is 0 Å². The maximum atomic E-state index is 12.5. The van der Waals surface area contributed by atoms with Gasteiger partial charge in [0.25, 0.3) is 5.91 Å². The second-order valence-electron chi connectivity index (χ2n) is 5.99. The third-order valence-corrected chi connectivity index (χ3v) is 4.72. The van der Waals surface area contributed by atoms with Crippen LogP contribution in [0.15, 0.2) is 24.3 Å². The van der Waals surface area contributed by atoms with Gasteiger partial charge < -0.3 is 16.0 Å². The molecule has 0 aromatic heterocycles. The molecule has 2 heterocycles. The van der Waals surface area contributed by atoms with E-state index >= 15 is 0 Å². The summed E-state index contributed by atoms with van der Waals surface area (Å²) in [5, 5.41) is 3.44. The van der Waals surface area contributed by atoms with Crippen molar-refractivity contribution in [3.05, 3.63) is 35.4 Å². The average Bonchev–Trinajstić information content (AvgIpc) is 2.85. The van der Waals surface area contributed by atoms with Crippen molar-refractivity contribution in [3.63, 3.8) is 0 Å². The second kappa shape index (κ2) is 5.85. The lowest BCUT2D eigenvalue weighted by Crippen LogP contribution is -2.32. The smallest absolute Gasteiger partial charge is 0.253 e. The van der Waals surface area contributed by atoms with E-state index in [2.05, 4.69) is 5.32 Å². The van der Waals surface area contributed by atoms with Crippen LogP contribution in [-0.2, 0) is 0 Å². The Labute approximate surface area is 124 Å². The summed E-state index contributed by atoms with van der Waals surface area (Å²) >= 11 is 0. The largest absolute Gasteiger partial charge is 0.366 e. The lowest BCUT2D eigenvalue weighted by molar-refractivity contribution is 0.0758. The van der Waals surface area contributed by atoms with Gasteiger partial charge in [0.1, 0.15) is 0 Å². The first kappa shape index (κ1) is 14.1. The molecule has 5 nitrogen and oxygen atoms in total. The monoisotopic (exact) mass is 287 g/mol. The minimum absolute atomic E-state index is 0.0546. The van der Waals surface area contributed by atoms with Gasteiger partial charge in [0.2, 0.25) is 5.91 Å². The Morgan fingerprint density at radius 1 is 1.00 bits per heavy atom. The molecule has 0 radical (unpaired) electrons. The minimum Gasteiger partial charge on any atom is -0.366 e. The van der Waals surface area contributed by atoms with Gasteiger partial charge in [-0.2, -0.15) is 0 Å². The first-order chi connectivity index (χ1) is 10.1. The zero-order chi connectivity index (χ0) is 14.8. The molecule has 112 valence electrons. The summed E-state index contributed by atoms with van der Waals surface area (Å²) in [6, 6.07) is 6.61. The van der Waals surface area contributed by atoms with Gasteiger partial charge in [-0.05, 0) is 62.0 Å². The lowest BCUT2D eigenvalue weighted by Gasteiger charge is -2.21. The summed E-state index contributed by atoms with van der Waals surface area (Å²) in [6.45, 7) is 3.80. The predicted molar refractivity (Wildman–Crippen MR) is 79.9 cm³/mol. The Morgan fingerprint density at radius 2 is 1.52 bits per heavy atom. The standard InChI is InChI=1S/C16H21N3O2/c17-15(20)11-1-3-12(4-2-11)16(21)19-7-5-13-9-18-10-14(13)6-8-19/h1-4,13-14,18H,5-10H2,(H2,17,20)/t13-,14+. The highest BCUT2D eigenvalue weighted by molar-refractivity contribution is 5.97. The number of likely N-dealkylation sites (tertiary alicyclic amines) is 1. The number of amides is 2. The molecule has 0 bridgehead atoms. The first-order valence-electron chi connectivity index (χ1n) is 7.55. The van der Waals surface area contributed by atoms with Gasteiger partial charge in [-0.3, -0.25) is 9.59 Å². The molecule has 0 aliphatic carbocycles. The SMILES string of the molecule is NC(=O)c1ccc(C(=O)N2CC[C@@H]3CNC[C@@H]3CC2)cc1. The summed E-state index contributed by atoms with van der Waals surface area (Å²) in [4.78, 5) is 25.6. The Morgan fingerprint density at radius 3 is 2.05 bits per heavy atom. The van der Waals surface area contributed by atoms with E-state index in [4.69, 9.17) is 5.73 Å². The van der Waals surface area contributed by atoms with Gasteiger partial charge in [-0.1, -0.05) is 0 Å². The van der Waals surface area contributed by atoms with Gasteiger partial charge in [-0.15, -0.1) is 0 Å². The molecule has 1 aromatic rings. The van der Waals surface area contributed by atoms with Gasteiger partial charge in [-0.25, -0.2) is 0 Å².